The summed E-state index contributed by atoms with van der Waals surface area (Å²) in [5.74, 6) is 1.12. The maximum absolute atomic E-state index is 11.2. The molecule has 2 aromatic carbocycles. The summed E-state index contributed by atoms with van der Waals surface area (Å²) in [7, 11) is 0. The molecule has 4 rings (SSSR count). The number of amides is 1. The van der Waals surface area contributed by atoms with Crippen molar-refractivity contribution in [2.75, 3.05) is 11.1 Å². The number of nitrogen functional groups attached to an aromatic ring is 1. The number of benzene rings is 2. The van der Waals surface area contributed by atoms with Gasteiger partial charge in [0.1, 0.15) is 23.0 Å². The van der Waals surface area contributed by atoms with Crippen LogP contribution < -0.4 is 21.5 Å². The van der Waals surface area contributed by atoms with Crippen LogP contribution in [0.2, 0.25) is 5.02 Å². The van der Waals surface area contributed by atoms with E-state index in [0.29, 0.717) is 28.0 Å². The number of anilines is 3. The number of nitrogens with two attached hydrogens (primary N) is 2. The second-order valence-electron chi connectivity index (χ2n) is 6.50. The van der Waals surface area contributed by atoms with Crippen LogP contribution >= 0.6 is 11.6 Å². The van der Waals surface area contributed by atoms with E-state index < -0.39 is 5.91 Å². The van der Waals surface area contributed by atoms with Crippen LogP contribution in [0.4, 0.5) is 17.5 Å². The number of rotatable bonds is 6. The quantitative estimate of drug-likeness (QED) is 0.411. The number of carbonyl (C=O) groups is 1. The Bertz CT molecular complexity index is 1230. The number of hydrogen-bond donors (Lipinski definition) is 3. The maximum Gasteiger partial charge on any atom is 0.267 e. The molecule has 0 spiro atoms. The summed E-state index contributed by atoms with van der Waals surface area (Å²) >= 11 is 5.95. The largest absolute Gasteiger partial charge is 0.457 e. The van der Waals surface area contributed by atoms with E-state index >= 15 is 0 Å². The molecule has 0 saturated heterocycles. The average molecular weight is 433 g/mol. The van der Waals surface area contributed by atoms with Gasteiger partial charge in [-0.15, -0.1) is 0 Å². The molecule has 0 bridgehead atoms. The van der Waals surface area contributed by atoms with Gasteiger partial charge < -0.3 is 21.5 Å². The van der Waals surface area contributed by atoms with E-state index in [1.54, 1.807) is 36.4 Å². The van der Waals surface area contributed by atoms with Gasteiger partial charge in [-0.05, 0) is 42.5 Å². The summed E-state index contributed by atoms with van der Waals surface area (Å²) in [4.78, 5) is 23.7. The molecule has 2 heterocycles. The fraction of sp³-hybridized carbons (Fsp3) is 0. The molecule has 0 fully saturated rings. The van der Waals surface area contributed by atoms with Crippen molar-refractivity contribution in [1.82, 2.24) is 15.0 Å². The molecule has 1 amide bonds. The van der Waals surface area contributed by atoms with Gasteiger partial charge in [0.2, 0.25) is 5.95 Å². The van der Waals surface area contributed by atoms with Crippen molar-refractivity contribution in [3.05, 3.63) is 83.6 Å². The Balaban J connectivity index is 1.49. The highest BCUT2D eigenvalue weighted by molar-refractivity contribution is 6.30. The average Bonchev–Trinajstić information content (AvgIpc) is 2.75. The highest BCUT2D eigenvalue weighted by Crippen LogP contribution is 2.27. The zero-order chi connectivity index (χ0) is 21.8. The first-order valence-electron chi connectivity index (χ1n) is 9.17. The molecule has 0 saturated carbocycles. The fourth-order valence-electron chi connectivity index (χ4n) is 2.80. The van der Waals surface area contributed by atoms with Gasteiger partial charge >= 0.3 is 0 Å². The molecular weight excluding hydrogens is 416 g/mol. The van der Waals surface area contributed by atoms with Gasteiger partial charge in [-0.2, -0.15) is 4.98 Å². The summed E-state index contributed by atoms with van der Waals surface area (Å²) in [5, 5.41) is 3.84. The normalized spacial score (nSPS) is 10.5. The van der Waals surface area contributed by atoms with Crippen LogP contribution in [0.15, 0.2) is 72.9 Å². The predicted octanol–water partition coefficient (Wildman–Crippen LogP) is 4.41. The van der Waals surface area contributed by atoms with Crippen molar-refractivity contribution < 1.29 is 9.53 Å². The van der Waals surface area contributed by atoms with Gasteiger partial charge in [0.05, 0.1) is 5.69 Å². The molecule has 4 aromatic rings. The molecule has 8 nitrogen and oxygen atoms in total. The minimum Gasteiger partial charge on any atom is -0.457 e. The third kappa shape index (κ3) is 5.06. The monoisotopic (exact) mass is 432 g/mol. The zero-order valence-electron chi connectivity index (χ0n) is 16.1. The topological polar surface area (TPSA) is 129 Å². The van der Waals surface area contributed by atoms with E-state index in [9.17, 15) is 4.79 Å². The van der Waals surface area contributed by atoms with E-state index in [0.717, 1.165) is 11.3 Å². The third-order valence-corrected chi connectivity index (χ3v) is 4.48. The number of pyridine rings is 1. The van der Waals surface area contributed by atoms with Gasteiger partial charge in [0.25, 0.3) is 5.91 Å². The lowest BCUT2D eigenvalue weighted by atomic mass is 10.1. The summed E-state index contributed by atoms with van der Waals surface area (Å²) in [6.07, 6.45) is 1.46. The first-order chi connectivity index (χ1) is 15.0. The second kappa shape index (κ2) is 8.68. The van der Waals surface area contributed by atoms with Crippen LogP contribution in [-0.4, -0.2) is 20.9 Å². The lowest BCUT2D eigenvalue weighted by molar-refractivity contribution is 0.0995. The number of nitrogens with zero attached hydrogens (tertiary/aromatic N) is 3. The summed E-state index contributed by atoms with van der Waals surface area (Å²) in [6, 6.07) is 19.4. The highest BCUT2D eigenvalue weighted by atomic mass is 35.5. The van der Waals surface area contributed by atoms with Gasteiger partial charge in [0.15, 0.2) is 0 Å². The molecule has 0 unspecified atom stereocenters. The Labute approximate surface area is 182 Å². The SMILES string of the molecule is NC(=O)c1cc(Oc2ccc(Nc3cc(-c4ccc(Cl)cc4)nc(N)n3)cc2)ccn1. The van der Waals surface area contributed by atoms with Gasteiger partial charge in [-0.1, -0.05) is 23.7 Å². The minimum absolute atomic E-state index is 0.133. The summed E-state index contributed by atoms with van der Waals surface area (Å²) < 4.78 is 5.75. The van der Waals surface area contributed by atoms with Crippen LogP contribution in [0, 0.1) is 0 Å². The smallest absolute Gasteiger partial charge is 0.267 e. The minimum atomic E-state index is -0.618. The number of aromatic nitrogens is 3. The standard InChI is InChI=1S/C22H17ClN6O2/c23-14-3-1-13(2-4-14)18-12-20(29-22(25)28-18)27-15-5-7-16(8-6-15)31-17-9-10-26-19(11-17)21(24)30/h1-12H,(H2,24,30)(H3,25,27,28,29). The fourth-order valence-corrected chi connectivity index (χ4v) is 2.92. The number of hydrogen-bond acceptors (Lipinski definition) is 7. The Morgan fingerprint density at radius 2 is 1.68 bits per heavy atom. The molecule has 0 aliphatic rings. The molecule has 5 N–H and O–H groups in total. The third-order valence-electron chi connectivity index (χ3n) is 4.23. The van der Waals surface area contributed by atoms with E-state index in [1.165, 1.54) is 12.3 Å². The van der Waals surface area contributed by atoms with Crippen LogP contribution in [0.25, 0.3) is 11.3 Å². The highest BCUT2D eigenvalue weighted by Gasteiger charge is 2.07. The van der Waals surface area contributed by atoms with Crippen molar-refractivity contribution in [3.63, 3.8) is 0 Å². The van der Waals surface area contributed by atoms with Gasteiger partial charge in [-0.25, -0.2) is 4.98 Å². The Morgan fingerprint density at radius 3 is 2.39 bits per heavy atom. The molecule has 0 aliphatic carbocycles. The number of nitrogens with one attached hydrogen (secondary N) is 1. The van der Waals surface area contributed by atoms with Crippen molar-refractivity contribution >= 4 is 35.0 Å². The van der Waals surface area contributed by atoms with Crippen molar-refractivity contribution in [2.24, 2.45) is 5.73 Å². The van der Waals surface area contributed by atoms with Crippen LogP contribution in [0.3, 0.4) is 0 Å². The molecule has 0 atom stereocenters. The molecule has 0 aliphatic heterocycles. The molecule has 9 heteroatoms. The lowest BCUT2D eigenvalue weighted by Crippen LogP contribution is -2.12. The van der Waals surface area contributed by atoms with Crippen molar-refractivity contribution in [2.45, 2.75) is 0 Å². The molecule has 2 aromatic heterocycles. The molecular formula is C22H17ClN6O2. The van der Waals surface area contributed by atoms with Crippen LogP contribution in [0.1, 0.15) is 10.5 Å². The molecule has 31 heavy (non-hydrogen) atoms. The Hall–Kier alpha value is -4.17. The van der Waals surface area contributed by atoms with Crippen LogP contribution in [0.5, 0.6) is 11.5 Å². The summed E-state index contributed by atoms with van der Waals surface area (Å²) in [6.45, 7) is 0. The van der Waals surface area contributed by atoms with Crippen molar-refractivity contribution in [3.8, 4) is 22.8 Å². The number of ether oxygens (including phenoxy) is 1. The Kier molecular flexibility index (Phi) is 5.63. The van der Waals surface area contributed by atoms with Gasteiger partial charge in [0, 0.05) is 34.6 Å². The zero-order valence-corrected chi connectivity index (χ0v) is 16.9. The number of carbonyl (C=O) groups excluding carboxylic acids is 1. The van der Waals surface area contributed by atoms with Gasteiger partial charge in [-0.3, -0.25) is 9.78 Å². The second-order valence-corrected chi connectivity index (χ2v) is 6.93. The first-order valence-corrected chi connectivity index (χ1v) is 9.55. The number of halogens is 1. The predicted molar refractivity (Wildman–Crippen MR) is 119 cm³/mol. The first kappa shape index (κ1) is 20.1. The maximum atomic E-state index is 11.2. The van der Waals surface area contributed by atoms with E-state index in [2.05, 4.69) is 20.3 Å². The van der Waals surface area contributed by atoms with E-state index in [4.69, 9.17) is 27.8 Å². The lowest BCUT2D eigenvalue weighted by Gasteiger charge is -2.10. The Morgan fingerprint density at radius 1 is 0.935 bits per heavy atom. The van der Waals surface area contributed by atoms with Crippen LogP contribution in [-0.2, 0) is 0 Å². The van der Waals surface area contributed by atoms with E-state index in [-0.39, 0.29) is 11.6 Å². The summed E-state index contributed by atoms with van der Waals surface area (Å²) in [5.41, 5.74) is 13.6. The van der Waals surface area contributed by atoms with E-state index in [1.807, 2.05) is 24.3 Å². The molecule has 0 radical (unpaired) electrons. The molecule has 154 valence electrons. The van der Waals surface area contributed by atoms with Crippen molar-refractivity contribution in [1.29, 1.82) is 0 Å². The number of primary amides is 1.